The SMILES string of the molecule is CCCn1nncc1-c1cncc(CNCC)c1. The van der Waals surface area contributed by atoms with Gasteiger partial charge in [-0.05, 0) is 24.6 Å². The van der Waals surface area contributed by atoms with Gasteiger partial charge in [0.2, 0.25) is 0 Å². The van der Waals surface area contributed by atoms with Gasteiger partial charge in [0.1, 0.15) is 0 Å². The lowest BCUT2D eigenvalue weighted by molar-refractivity contribution is 0.584. The summed E-state index contributed by atoms with van der Waals surface area (Å²) in [5.41, 5.74) is 3.28. The molecule has 18 heavy (non-hydrogen) atoms. The minimum Gasteiger partial charge on any atom is -0.313 e. The van der Waals surface area contributed by atoms with Gasteiger partial charge >= 0.3 is 0 Å². The Morgan fingerprint density at radius 3 is 2.89 bits per heavy atom. The highest BCUT2D eigenvalue weighted by molar-refractivity contribution is 5.57. The summed E-state index contributed by atoms with van der Waals surface area (Å²) >= 11 is 0. The number of rotatable bonds is 6. The molecule has 2 aromatic rings. The molecule has 0 aliphatic rings. The molecule has 0 radical (unpaired) electrons. The van der Waals surface area contributed by atoms with Crippen LogP contribution in [-0.4, -0.2) is 26.5 Å². The molecular formula is C13H19N5. The first-order valence-corrected chi connectivity index (χ1v) is 6.38. The number of nitrogens with one attached hydrogen (secondary N) is 1. The zero-order valence-corrected chi connectivity index (χ0v) is 10.9. The quantitative estimate of drug-likeness (QED) is 0.844. The molecule has 5 heteroatoms. The van der Waals surface area contributed by atoms with E-state index in [0.717, 1.165) is 37.3 Å². The number of aryl methyl sites for hydroxylation is 1. The zero-order chi connectivity index (χ0) is 12.8. The van der Waals surface area contributed by atoms with Gasteiger partial charge in [-0.1, -0.05) is 19.1 Å². The van der Waals surface area contributed by atoms with Crippen LogP contribution in [0.25, 0.3) is 11.3 Å². The fraction of sp³-hybridized carbons (Fsp3) is 0.462. The highest BCUT2D eigenvalue weighted by Crippen LogP contribution is 2.18. The van der Waals surface area contributed by atoms with Crippen LogP contribution in [0, 0.1) is 0 Å². The lowest BCUT2D eigenvalue weighted by Crippen LogP contribution is -2.12. The lowest BCUT2D eigenvalue weighted by Gasteiger charge is -2.06. The van der Waals surface area contributed by atoms with Crippen molar-refractivity contribution in [3.63, 3.8) is 0 Å². The maximum atomic E-state index is 4.29. The van der Waals surface area contributed by atoms with E-state index in [9.17, 15) is 0 Å². The molecule has 0 bridgehead atoms. The van der Waals surface area contributed by atoms with Crippen molar-refractivity contribution >= 4 is 0 Å². The molecule has 0 aliphatic heterocycles. The van der Waals surface area contributed by atoms with E-state index in [1.807, 2.05) is 17.1 Å². The van der Waals surface area contributed by atoms with Crippen molar-refractivity contribution in [3.8, 4) is 11.3 Å². The molecule has 0 saturated heterocycles. The number of pyridine rings is 1. The molecule has 0 unspecified atom stereocenters. The van der Waals surface area contributed by atoms with Crippen LogP contribution < -0.4 is 5.32 Å². The monoisotopic (exact) mass is 245 g/mol. The Hall–Kier alpha value is -1.75. The Morgan fingerprint density at radius 1 is 1.22 bits per heavy atom. The third kappa shape index (κ3) is 2.92. The van der Waals surface area contributed by atoms with Gasteiger partial charge in [0.25, 0.3) is 0 Å². The van der Waals surface area contributed by atoms with E-state index in [1.54, 1.807) is 6.20 Å². The standard InChI is InChI=1S/C13H19N5/c1-3-5-18-13(10-16-17-18)12-6-11(7-14-4-2)8-15-9-12/h6,8-10,14H,3-5,7H2,1-2H3. The van der Waals surface area contributed by atoms with Crippen LogP contribution >= 0.6 is 0 Å². The Labute approximate surface area is 107 Å². The van der Waals surface area contributed by atoms with Crippen LogP contribution in [0.4, 0.5) is 0 Å². The average Bonchev–Trinajstić information content (AvgIpc) is 2.85. The van der Waals surface area contributed by atoms with Crippen LogP contribution in [0.3, 0.4) is 0 Å². The summed E-state index contributed by atoms with van der Waals surface area (Å²) in [7, 11) is 0. The van der Waals surface area contributed by atoms with E-state index in [-0.39, 0.29) is 0 Å². The summed E-state index contributed by atoms with van der Waals surface area (Å²) in [6.07, 6.45) is 6.59. The van der Waals surface area contributed by atoms with Gasteiger partial charge in [0.15, 0.2) is 0 Å². The Balaban J connectivity index is 2.24. The summed E-state index contributed by atoms with van der Waals surface area (Å²) in [4.78, 5) is 4.29. The second-order valence-corrected chi connectivity index (χ2v) is 4.20. The van der Waals surface area contributed by atoms with Gasteiger partial charge in [-0.25, -0.2) is 4.68 Å². The molecule has 2 heterocycles. The molecule has 96 valence electrons. The molecule has 2 aromatic heterocycles. The van der Waals surface area contributed by atoms with E-state index < -0.39 is 0 Å². The number of hydrogen-bond acceptors (Lipinski definition) is 4. The minimum atomic E-state index is 0.840. The number of hydrogen-bond donors (Lipinski definition) is 1. The predicted octanol–water partition coefficient (Wildman–Crippen LogP) is 1.86. The normalized spacial score (nSPS) is 10.8. The van der Waals surface area contributed by atoms with Crippen LogP contribution in [0.15, 0.2) is 24.7 Å². The highest BCUT2D eigenvalue weighted by atomic mass is 15.4. The van der Waals surface area contributed by atoms with Gasteiger partial charge in [-0.2, -0.15) is 0 Å². The van der Waals surface area contributed by atoms with Crippen molar-refractivity contribution < 1.29 is 0 Å². The largest absolute Gasteiger partial charge is 0.313 e. The van der Waals surface area contributed by atoms with E-state index in [4.69, 9.17) is 0 Å². The second-order valence-electron chi connectivity index (χ2n) is 4.20. The van der Waals surface area contributed by atoms with Gasteiger partial charge < -0.3 is 5.32 Å². The average molecular weight is 245 g/mol. The Bertz CT molecular complexity index is 492. The van der Waals surface area contributed by atoms with Crippen molar-refractivity contribution in [1.82, 2.24) is 25.3 Å². The third-order valence-electron chi connectivity index (χ3n) is 2.72. The van der Waals surface area contributed by atoms with Crippen LogP contribution in [0.2, 0.25) is 0 Å². The van der Waals surface area contributed by atoms with Crippen molar-refractivity contribution in [3.05, 3.63) is 30.2 Å². The topological polar surface area (TPSA) is 55.6 Å². The molecule has 1 N–H and O–H groups in total. The number of nitrogens with zero attached hydrogens (tertiary/aromatic N) is 4. The maximum Gasteiger partial charge on any atom is 0.0901 e. The molecule has 0 aliphatic carbocycles. The Kier molecular flexibility index (Phi) is 4.41. The van der Waals surface area contributed by atoms with Crippen LogP contribution in [-0.2, 0) is 13.1 Å². The summed E-state index contributed by atoms with van der Waals surface area (Å²) < 4.78 is 1.92. The first kappa shape index (κ1) is 12.7. The molecule has 0 aromatic carbocycles. The van der Waals surface area contributed by atoms with E-state index in [2.05, 4.69) is 40.5 Å². The fourth-order valence-electron chi connectivity index (χ4n) is 1.85. The van der Waals surface area contributed by atoms with Crippen LogP contribution in [0.1, 0.15) is 25.8 Å². The predicted molar refractivity (Wildman–Crippen MR) is 70.9 cm³/mol. The van der Waals surface area contributed by atoms with E-state index in [0.29, 0.717) is 0 Å². The van der Waals surface area contributed by atoms with Crippen molar-refractivity contribution in [2.24, 2.45) is 0 Å². The summed E-state index contributed by atoms with van der Waals surface area (Å²) in [6.45, 7) is 6.90. The first-order chi connectivity index (χ1) is 8.85. The molecule has 2 rings (SSSR count). The molecular weight excluding hydrogens is 226 g/mol. The molecule has 5 nitrogen and oxygen atoms in total. The molecule has 0 atom stereocenters. The smallest absolute Gasteiger partial charge is 0.0901 e. The summed E-state index contributed by atoms with van der Waals surface area (Å²) in [5.74, 6) is 0. The zero-order valence-electron chi connectivity index (χ0n) is 10.9. The number of aromatic nitrogens is 4. The van der Waals surface area contributed by atoms with Gasteiger partial charge in [0.05, 0.1) is 11.9 Å². The third-order valence-corrected chi connectivity index (χ3v) is 2.72. The highest BCUT2D eigenvalue weighted by Gasteiger charge is 2.07. The molecule has 0 fully saturated rings. The van der Waals surface area contributed by atoms with Gasteiger partial charge in [-0.3, -0.25) is 4.98 Å². The van der Waals surface area contributed by atoms with Gasteiger partial charge in [-0.15, -0.1) is 5.10 Å². The van der Waals surface area contributed by atoms with Crippen molar-refractivity contribution in [2.75, 3.05) is 6.54 Å². The maximum absolute atomic E-state index is 4.29. The fourth-order valence-corrected chi connectivity index (χ4v) is 1.85. The van der Waals surface area contributed by atoms with Crippen molar-refractivity contribution in [2.45, 2.75) is 33.4 Å². The lowest BCUT2D eigenvalue weighted by atomic mass is 10.1. The summed E-state index contributed by atoms with van der Waals surface area (Å²) in [6, 6.07) is 2.14. The molecule has 0 amide bonds. The van der Waals surface area contributed by atoms with Crippen molar-refractivity contribution in [1.29, 1.82) is 0 Å². The van der Waals surface area contributed by atoms with Gasteiger partial charge in [0, 0.05) is 31.0 Å². The van der Waals surface area contributed by atoms with E-state index in [1.165, 1.54) is 5.56 Å². The molecule has 0 spiro atoms. The van der Waals surface area contributed by atoms with E-state index >= 15 is 0 Å². The second kappa shape index (κ2) is 6.26. The van der Waals surface area contributed by atoms with Crippen LogP contribution in [0.5, 0.6) is 0 Å². The summed E-state index contributed by atoms with van der Waals surface area (Å²) in [5, 5.41) is 11.4. The first-order valence-electron chi connectivity index (χ1n) is 6.38. The Morgan fingerprint density at radius 2 is 2.11 bits per heavy atom. The molecule has 0 saturated carbocycles. The minimum absolute atomic E-state index is 0.840.